The Balaban J connectivity index is 2.13. The van der Waals surface area contributed by atoms with Crippen molar-refractivity contribution in [3.05, 3.63) is 48.3 Å². The summed E-state index contributed by atoms with van der Waals surface area (Å²) in [5.41, 5.74) is 1.99. The molecule has 1 aromatic heterocycles. The first kappa shape index (κ1) is 13.3. The van der Waals surface area contributed by atoms with Crippen LogP contribution < -0.4 is 5.32 Å². The summed E-state index contributed by atoms with van der Waals surface area (Å²) in [6.07, 6.45) is 3.44. The van der Waals surface area contributed by atoms with Crippen LogP contribution in [0.15, 0.2) is 42.7 Å². The molecule has 0 unspecified atom stereocenters. The Bertz CT molecular complexity index is 553. The zero-order valence-corrected chi connectivity index (χ0v) is 11.6. The smallest absolute Gasteiger partial charge is 0.246 e. The van der Waals surface area contributed by atoms with E-state index < -0.39 is 0 Å². The van der Waals surface area contributed by atoms with E-state index >= 15 is 0 Å². The number of carbonyl (C=O) groups is 1. The Kier molecular flexibility index (Phi) is 3.69. The number of amides is 1. The zero-order valence-electron chi connectivity index (χ0n) is 11.6. The summed E-state index contributed by atoms with van der Waals surface area (Å²) >= 11 is 0. The molecular formula is C15H19N3O. The molecule has 0 aliphatic carbocycles. The number of nitrogens with one attached hydrogen (secondary N) is 1. The molecule has 2 aromatic rings. The third-order valence-electron chi connectivity index (χ3n) is 2.87. The number of carbonyl (C=O) groups excluding carboxylic acids is 1. The molecule has 0 aliphatic heterocycles. The van der Waals surface area contributed by atoms with Crippen molar-refractivity contribution in [3.63, 3.8) is 0 Å². The van der Waals surface area contributed by atoms with E-state index in [-0.39, 0.29) is 17.9 Å². The van der Waals surface area contributed by atoms with E-state index in [1.807, 2.05) is 24.3 Å². The largest absolute Gasteiger partial charge is 0.324 e. The van der Waals surface area contributed by atoms with E-state index in [0.717, 1.165) is 11.3 Å². The first-order valence-corrected chi connectivity index (χ1v) is 6.33. The molecule has 4 nitrogen and oxygen atoms in total. The van der Waals surface area contributed by atoms with Crippen molar-refractivity contribution in [2.45, 2.75) is 32.7 Å². The highest BCUT2D eigenvalue weighted by atomic mass is 16.2. The SMILES string of the molecule is CC(C)(C)c1ccccc1NC(=O)Cn1cccn1. The maximum atomic E-state index is 12.0. The van der Waals surface area contributed by atoms with E-state index in [4.69, 9.17) is 0 Å². The number of aromatic nitrogens is 2. The minimum atomic E-state index is -0.0691. The van der Waals surface area contributed by atoms with Crippen molar-refractivity contribution in [3.8, 4) is 0 Å². The van der Waals surface area contributed by atoms with Crippen LogP contribution in [0, 0.1) is 0 Å². The topological polar surface area (TPSA) is 46.9 Å². The van der Waals surface area contributed by atoms with Gasteiger partial charge in [0.1, 0.15) is 6.54 Å². The van der Waals surface area contributed by atoms with E-state index in [1.54, 1.807) is 23.1 Å². The summed E-state index contributed by atoms with van der Waals surface area (Å²) in [5.74, 6) is -0.0691. The molecule has 1 heterocycles. The zero-order chi connectivity index (χ0) is 13.9. The van der Waals surface area contributed by atoms with Crippen molar-refractivity contribution in [1.29, 1.82) is 0 Å². The minimum Gasteiger partial charge on any atom is -0.324 e. The Morgan fingerprint density at radius 2 is 2.00 bits per heavy atom. The van der Waals surface area contributed by atoms with Gasteiger partial charge >= 0.3 is 0 Å². The summed E-state index contributed by atoms with van der Waals surface area (Å²) in [7, 11) is 0. The second kappa shape index (κ2) is 5.26. The molecule has 0 saturated carbocycles. The molecule has 19 heavy (non-hydrogen) atoms. The van der Waals surface area contributed by atoms with Crippen LogP contribution in [0.2, 0.25) is 0 Å². The summed E-state index contributed by atoms with van der Waals surface area (Å²) in [4.78, 5) is 12.0. The number of rotatable bonds is 3. The second-order valence-electron chi connectivity index (χ2n) is 5.55. The first-order valence-electron chi connectivity index (χ1n) is 6.33. The molecule has 0 spiro atoms. The first-order chi connectivity index (χ1) is 8.97. The van der Waals surface area contributed by atoms with Gasteiger partial charge in [-0.15, -0.1) is 0 Å². The number of hydrogen-bond donors (Lipinski definition) is 1. The molecule has 100 valence electrons. The minimum absolute atomic E-state index is 0.00439. The monoisotopic (exact) mass is 257 g/mol. The van der Waals surface area contributed by atoms with Crippen LogP contribution in [0.25, 0.3) is 0 Å². The maximum Gasteiger partial charge on any atom is 0.246 e. The highest BCUT2D eigenvalue weighted by Crippen LogP contribution is 2.29. The Morgan fingerprint density at radius 3 is 2.63 bits per heavy atom. The summed E-state index contributed by atoms with van der Waals surface area (Å²) in [6.45, 7) is 6.62. The fourth-order valence-corrected chi connectivity index (χ4v) is 1.98. The number of benzene rings is 1. The van der Waals surface area contributed by atoms with Gasteiger partial charge in [0, 0.05) is 18.1 Å². The van der Waals surface area contributed by atoms with Crippen molar-refractivity contribution in [2.75, 3.05) is 5.32 Å². The molecule has 0 radical (unpaired) electrons. The van der Waals surface area contributed by atoms with Crippen LogP contribution in [0.1, 0.15) is 26.3 Å². The van der Waals surface area contributed by atoms with Crippen molar-refractivity contribution in [1.82, 2.24) is 9.78 Å². The van der Waals surface area contributed by atoms with Crippen LogP contribution in [0.5, 0.6) is 0 Å². The van der Waals surface area contributed by atoms with Crippen LogP contribution in [0.3, 0.4) is 0 Å². The van der Waals surface area contributed by atoms with Crippen molar-refractivity contribution in [2.24, 2.45) is 0 Å². The van der Waals surface area contributed by atoms with Crippen molar-refractivity contribution >= 4 is 11.6 Å². The number of para-hydroxylation sites is 1. The summed E-state index contributed by atoms with van der Waals surface area (Å²) < 4.78 is 1.61. The average Bonchev–Trinajstić information content (AvgIpc) is 2.81. The van der Waals surface area contributed by atoms with Gasteiger partial charge in [-0.3, -0.25) is 9.48 Å². The highest BCUT2D eigenvalue weighted by Gasteiger charge is 2.18. The number of hydrogen-bond acceptors (Lipinski definition) is 2. The van der Waals surface area contributed by atoms with Crippen molar-refractivity contribution < 1.29 is 4.79 Å². The number of nitrogens with zero attached hydrogens (tertiary/aromatic N) is 2. The van der Waals surface area contributed by atoms with Gasteiger partial charge in [-0.05, 0) is 23.1 Å². The standard InChI is InChI=1S/C15H19N3O/c1-15(2,3)12-7-4-5-8-13(12)17-14(19)11-18-10-6-9-16-18/h4-10H,11H2,1-3H3,(H,17,19). The summed E-state index contributed by atoms with van der Waals surface area (Å²) in [5, 5.41) is 6.98. The molecule has 1 amide bonds. The average molecular weight is 257 g/mol. The lowest BCUT2D eigenvalue weighted by Gasteiger charge is -2.23. The van der Waals surface area contributed by atoms with Crippen LogP contribution in [-0.2, 0) is 16.8 Å². The Hall–Kier alpha value is -2.10. The van der Waals surface area contributed by atoms with Crippen LogP contribution >= 0.6 is 0 Å². The number of anilines is 1. The highest BCUT2D eigenvalue weighted by molar-refractivity contribution is 5.91. The van der Waals surface area contributed by atoms with Crippen LogP contribution in [-0.4, -0.2) is 15.7 Å². The van der Waals surface area contributed by atoms with E-state index in [0.29, 0.717) is 0 Å². The third kappa shape index (κ3) is 3.44. The fourth-order valence-electron chi connectivity index (χ4n) is 1.98. The van der Waals surface area contributed by atoms with Gasteiger partial charge in [-0.1, -0.05) is 39.0 Å². The normalized spacial score (nSPS) is 11.3. The maximum absolute atomic E-state index is 12.0. The Morgan fingerprint density at radius 1 is 1.26 bits per heavy atom. The van der Waals surface area contributed by atoms with Crippen LogP contribution in [0.4, 0.5) is 5.69 Å². The van der Waals surface area contributed by atoms with Gasteiger partial charge in [0.2, 0.25) is 5.91 Å². The predicted molar refractivity (Wildman–Crippen MR) is 76.0 cm³/mol. The Labute approximate surface area is 113 Å². The van der Waals surface area contributed by atoms with E-state index in [9.17, 15) is 4.79 Å². The molecule has 4 heteroatoms. The molecule has 0 fully saturated rings. The second-order valence-corrected chi connectivity index (χ2v) is 5.55. The van der Waals surface area contributed by atoms with Gasteiger partial charge in [-0.2, -0.15) is 5.10 Å². The molecule has 0 aliphatic rings. The molecule has 0 saturated heterocycles. The summed E-state index contributed by atoms with van der Waals surface area (Å²) in [6, 6.07) is 9.70. The quantitative estimate of drug-likeness (QED) is 0.919. The fraction of sp³-hybridized carbons (Fsp3) is 0.333. The molecule has 1 aromatic carbocycles. The lowest BCUT2D eigenvalue weighted by atomic mass is 9.86. The predicted octanol–water partition coefficient (Wildman–Crippen LogP) is 2.82. The van der Waals surface area contributed by atoms with Gasteiger partial charge in [0.15, 0.2) is 0 Å². The van der Waals surface area contributed by atoms with E-state index in [1.165, 1.54) is 0 Å². The third-order valence-corrected chi connectivity index (χ3v) is 2.87. The molecular weight excluding hydrogens is 238 g/mol. The molecule has 1 N–H and O–H groups in total. The van der Waals surface area contributed by atoms with Gasteiger partial charge in [0.05, 0.1) is 0 Å². The van der Waals surface area contributed by atoms with Gasteiger partial charge in [0.25, 0.3) is 0 Å². The lowest BCUT2D eigenvalue weighted by Crippen LogP contribution is -2.22. The molecule has 0 atom stereocenters. The van der Waals surface area contributed by atoms with Gasteiger partial charge < -0.3 is 5.32 Å². The lowest BCUT2D eigenvalue weighted by molar-refractivity contribution is -0.116. The molecule has 2 rings (SSSR count). The molecule has 0 bridgehead atoms. The van der Waals surface area contributed by atoms with Gasteiger partial charge in [-0.25, -0.2) is 0 Å². The van der Waals surface area contributed by atoms with E-state index in [2.05, 4.69) is 31.2 Å².